The van der Waals surface area contributed by atoms with E-state index in [-0.39, 0.29) is 64.1 Å². The zero-order chi connectivity index (χ0) is 45.2. The van der Waals surface area contributed by atoms with Gasteiger partial charge in [0.05, 0.1) is 34.1 Å². The van der Waals surface area contributed by atoms with Crippen molar-refractivity contribution in [2.24, 2.45) is 28.2 Å². The molecule has 2 unspecified atom stereocenters. The number of carbonyl (C=O) groups is 6. The number of hydrogen-bond acceptors (Lipinski definition) is 9. The second-order valence-electron chi connectivity index (χ2n) is 15.3. The van der Waals surface area contributed by atoms with Crippen LogP contribution in [0, 0.1) is 0 Å². The summed E-state index contributed by atoms with van der Waals surface area (Å²) in [4.78, 5) is 70.1. The number of carbonyl (C=O) groups excluding carboxylic acids is 5. The fraction of sp³-hybridized carbons (Fsp3) is 0.450. The smallest absolute Gasteiger partial charge is 0.303 e. The van der Waals surface area contributed by atoms with Crippen LogP contribution >= 0.6 is 0 Å². The largest absolute Gasteiger partial charge is 0.481 e. The molecule has 0 aromatic carbocycles. The van der Waals surface area contributed by atoms with E-state index in [9.17, 15) is 28.8 Å². The Labute approximate surface area is 360 Å². The number of nitrogens with one attached hydrogen (secondary N) is 3. The molecule has 0 aliphatic carbocycles. The van der Waals surface area contributed by atoms with E-state index in [0.717, 1.165) is 0 Å². The lowest BCUT2D eigenvalue weighted by molar-refractivity contribution is -0.137. The number of aryl methyl sites for hydroxylation is 4. The minimum absolute atomic E-state index is 0.00623. The zero-order valence-corrected chi connectivity index (χ0v) is 39.1. The number of aliphatic carboxylic acids is 1. The highest BCUT2D eigenvalue weighted by atomic mass is 32.8. The molecule has 4 aromatic heterocycles. The average Bonchev–Trinajstić information content (AvgIpc) is 3.87. The van der Waals surface area contributed by atoms with Gasteiger partial charge < -0.3 is 45.1 Å². The van der Waals surface area contributed by atoms with Crippen LogP contribution in [0.15, 0.2) is 49.1 Å². The van der Waals surface area contributed by atoms with E-state index in [1.165, 1.54) is 13.8 Å². The highest BCUT2D eigenvalue weighted by Gasteiger charge is 2.22. The van der Waals surface area contributed by atoms with Gasteiger partial charge in [-0.25, -0.2) is 0 Å². The maximum Gasteiger partial charge on any atom is 0.303 e. The van der Waals surface area contributed by atoms with E-state index in [1.54, 1.807) is 95.5 Å². The quantitative estimate of drug-likeness (QED) is 0.0913. The molecule has 0 aliphatic heterocycles. The van der Waals surface area contributed by atoms with E-state index < -0.39 is 5.97 Å². The van der Waals surface area contributed by atoms with Crippen LogP contribution < -0.4 is 21.7 Å². The Morgan fingerprint density at radius 2 is 0.949 bits per heavy atom. The molecule has 0 saturated carbocycles. The van der Waals surface area contributed by atoms with Crippen molar-refractivity contribution in [1.82, 2.24) is 18.3 Å². The van der Waals surface area contributed by atoms with Crippen molar-refractivity contribution in [3.8, 4) is 0 Å². The summed E-state index contributed by atoms with van der Waals surface area (Å²) in [5.41, 5.74) is 9.76. The predicted molar refractivity (Wildman–Crippen MR) is 246 cm³/mol. The normalized spacial score (nSPS) is 12.2. The van der Waals surface area contributed by atoms with E-state index in [4.69, 9.17) is 33.2 Å². The first-order chi connectivity index (χ1) is 27.1. The minimum atomic E-state index is -0.737. The summed E-state index contributed by atoms with van der Waals surface area (Å²) in [6.45, 7) is 11.1. The first kappa shape index (κ1) is 50.4. The summed E-state index contributed by atoms with van der Waals surface area (Å²) in [6.07, 6.45) is 12.7. The van der Waals surface area contributed by atoms with Gasteiger partial charge in [-0.05, 0) is 49.6 Å². The summed E-state index contributed by atoms with van der Waals surface area (Å²) >= 11 is 10.5. The molecule has 2 atom stereocenters. The minimum Gasteiger partial charge on any atom is -0.481 e. The Morgan fingerprint density at radius 1 is 0.610 bits per heavy atom. The van der Waals surface area contributed by atoms with E-state index in [2.05, 4.69) is 29.8 Å². The molecule has 4 aromatic rings. The van der Waals surface area contributed by atoms with Crippen molar-refractivity contribution in [1.29, 1.82) is 0 Å². The second-order valence-corrected chi connectivity index (χ2v) is 22.4. The van der Waals surface area contributed by atoms with Gasteiger partial charge >= 0.3 is 5.97 Å². The highest BCUT2D eigenvalue weighted by molar-refractivity contribution is 8.29. The molecule has 6 N–H and O–H groups in total. The van der Waals surface area contributed by atoms with Crippen LogP contribution in [0.5, 0.6) is 0 Å². The van der Waals surface area contributed by atoms with Crippen molar-refractivity contribution < 1.29 is 33.9 Å². The number of aromatic nitrogens is 4. The number of amides is 3. The van der Waals surface area contributed by atoms with E-state index in [1.807, 2.05) is 26.4 Å². The number of nitrogen functional groups attached to an aromatic ring is 1. The summed E-state index contributed by atoms with van der Waals surface area (Å²) in [5, 5.41) is 16.8. The van der Waals surface area contributed by atoms with Crippen molar-refractivity contribution in [3.05, 3.63) is 71.8 Å². The van der Waals surface area contributed by atoms with Gasteiger partial charge in [0.15, 0.2) is 11.6 Å². The molecule has 15 nitrogen and oxygen atoms in total. The summed E-state index contributed by atoms with van der Waals surface area (Å²) < 4.78 is 6.57. The molecule has 0 spiro atoms. The number of carboxylic acids is 1. The maximum atomic E-state index is 12.6. The molecule has 0 radical (unpaired) electrons. The standard InChI is InChI=1S/C20H28N4O3S2.C13H16N4O2.C7H14O2S2/c1-13(25)16-9-15(12-23(16)4)22-19(27)17-10-14(11-24(17)5)21-18(26)7-8-20(2,3)29(6)28;1-8(18)11-5-10(7-17(11)3)15-13(19)12-4-9(14)6-16(12)2;1-7(2,11(3)10)5-4-6(8)9/h9-12H,7-8H2,1-6H3,(H,21,26)(H,22,27);4-7H,14H2,1-3H3,(H,15,19);4-5H2,1-3H3,(H,8,9). The number of rotatable bonds is 15. The molecule has 59 heavy (non-hydrogen) atoms. The third-order valence-corrected chi connectivity index (χ3v) is 15.7. The third kappa shape index (κ3) is 15.4. The number of nitrogens with zero attached hydrogens (tertiary/aromatic N) is 4. The molecule has 0 fully saturated rings. The first-order valence-corrected chi connectivity index (χ1v) is 23.5. The number of hydrogen-bond donors (Lipinski definition) is 5. The molecular weight excluding hydrogens is 833 g/mol. The lowest BCUT2D eigenvalue weighted by Crippen LogP contribution is -2.27. The van der Waals surface area contributed by atoms with Crippen LogP contribution in [0.1, 0.15) is 109 Å². The Hall–Kier alpha value is -4.72. The molecule has 4 rings (SSSR count). The van der Waals surface area contributed by atoms with Gasteiger partial charge in [0.2, 0.25) is 5.91 Å². The first-order valence-electron chi connectivity index (χ1n) is 18.4. The Bertz CT molecular complexity index is 2240. The Kier molecular flexibility index (Phi) is 18.4. The van der Waals surface area contributed by atoms with E-state index >= 15 is 0 Å². The van der Waals surface area contributed by atoms with Crippen LogP contribution in [0.25, 0.3) is 0 Å². The number of nitrogens with two attached hydrogens (primary N) is 1. The molecule has 3 amide bonds. The van der Waals surface area contributed by atoms with Gasteiger partial charge in [0.1, 0.15) is 11.4 Å². The molecule has 0 bridgehead atoms. The predicted octanol–water partition coefficient (Wildman–Crippen LogP) is 5.77. The van der Waals surface area contributed by atoms with Gasteiger partial charge in [0, 0.05) is 89.2 Å². The second kappa shape index (κ2) is 21.5. The van der Waals surface area contributed by atoms with Crippen molar-refractivity contribution in [2.75, 3.05) is 34.2 Å². The van der Waals surface area contributed by atoms with Crippen molar-refractivity contribution in [2.45, 2.75) is 76.7 Å². The van der Waals surface area contributed by atoms with Gasteiger partial charge in [-0.1, -0.05) is 50.1 Å². The molecule has 0 saturated heterocycles. The van der Waals surface area contributed by atoms with Crippen molar-refractivity contribution in [3.63, 3.8) is 0 Å². The number of ketones is 2. The van der Waals surface area contributed by atoms with Crippen molar-refractivity contribution >= 4 is 99.3 Å². The van der Waals surface area contributed by atoms with Crippen LogP contribution in [0.2, 0.25) is 0 Å². The van der Waals surface area contributed by atoms with E-state index in [0.29, 0.717) is 64.8 Å². The fourth-order valence-electron chi connectivity index (χ4n) is 5.36. The van der Waals surface area contributed by atoms with Gasteiger partial charge in [-0.2, -0.15) is 0 Å². The Balaban J connectivity index is 0.000000342. The average molecular weight is 891 g/mol. The lowest BCUT2D eigenvalue weighted by atomic mass is 10.1. The molecular formula is C40H58N8O7S4. The summed E-state index contributed by atoms with van der Waals surface area (Å²) in [7, 11) is 6.67. The topological polar surface area (TPSA) is 204 Å². The van der Waals surface area contributed by atoms with Crippen LogP contribution in [-0.2, 0) is 79.1 Å². The SMILES string of the molecule is CC(=O)c1cc(NC(=O)c2cc(N)cn2C)cn1C.CC(=O)c1cc(NC(=O)c2cc(NC(=O)CCC(C)(C)S(C)=S)cn2C)cn1C.CS(=S)C(C)(C)CCC(=O)O. The lowest BCUT2D eigenvalue weighted by Gasteiger charge is -2.23. The highest BCUT2D eigenvalue weighted by Crippen LogP contribution is 2.22. The molecule has 0 aliphatic rings. The number of carboxylic acid groups (broad SMARTS) is 1. The third-order valence-electron chi connectivity index (χ3n) is 9.48. The summed E-state index contributed by atoms with van der Waals surface area (Å²) in [5.74, 6) is -1.56. The number of Topliss-reactive ketones (excluding diaryl/α,β-unsaturated/α-hetero) is 2. The van der Waals surface area contributed by atoms with Gasteiger partial charge in [-0.3, -0.25) is 28.8 Å². The maximum absolute atomic E-state index is 12.6. The van der Waals surface area contributed by atoms with Crippen LogP contribution in [0.3, 0.4) is 0 Å². The van der Waals surface area contributed by atoms with Crippen LogP contribution in [0.4, 0.5) is 22.7 Å². The zero-order valence-electron chi connectivity index (χ0n) is 35.8. The molecule has 324 valence electrons. The number of anilines is 4. The monoisotopic (exact) mass is 890 g/mol. The molecule has 19 heteroatoms. The Morgan fingerprint density at radius 3 is 1.29 bits per heavy atom. The van der Waals surface area contributed by atoms with Gasteiger partial charge in [-0.15, -0.1) is 18.9 Å². The van der Waals surface area contributed by atoms with Gasteiger partial charge in [0.25, 0.3) is 11.8 Å². The van der Waals surface area contributed by atoms with Crippen LogP contribution in [-0.4, -0.2) is 80.6 Å². The fourth-order valence-corrected chi connectivity index (χ4v) is 6.64. The summed E-state index contributed by atoms with van der Waals surface area (Å²) in [6, 6.07) is 6.51. The molecule has 4 heterocycles.